The summed E-state index contributed by atoms with van der Waals surface area (Å²) in [4.78, 5) is 4.55. The number of rotatable bonds is 2. The summed E-state index contributed by atoms with van der Waals surface area (Å²) in [6.45, 7) is 4.98. The number of benzene rings is 1. The van der Waals surface area contributed by atoms with Gasteiger partial charge in [-0.05, 0) is 49.6 Å². The second kappa shape index (κ2) is 4.30. The minimum absolute atomic E-state index is 0.828. The number of pyridine rings is 1. The Balaban J connectivity index is 2.00. The fourth-order valence-corrected chi connectivity index (χ4v) is 2.32. The molecule has 0 radical (unpaired) electrons. The van der Waals surface area contributed by atoms with Crippen molar-refractivity contribution in [1.82, 2.24) is 9.55 Å². The predicted molar refractivity (Wildman–Crippen MR) is 74.8 cm³/mol. The fourth-order valence-electron chi connectivity index (χ4n) is 2.32. The molecule has 2 nitrogen and oxygen atoms in total. The summed E-state index contributed by atoms with van der Waals surface area (Å²) in [5.41, 5.74) is 4.74. The maximum Gasteiger partial charge on any atom is 0.0648 e. The summed E-state index contributed by atoms with van der Waals surface area (Å²) in [7, 11) is 0. The van der Waals surface area contributed by atoms with E-state index in [0.29, 0.717) is 0 Å². The van der Waals surface area contributed by atoms with Crippen molar-refractivity contribution < 1.29 is 0 Å². The van der Waals surface area contributed by atoms with Crippen LogP contribution >= 0.6 is 0 Å². The highest BCUT2D eigenvalue weighted by Gasteiger charge is 2.02. The van der Waals surface area contributed by atoms with Crippen LogP contribution in [-0.4, -0.2) is 9.55 Å². The first-order chi connectivity index (χ1) is 8.72. The van der Waals surface area contributed by atoms with E-state index >= 15 is 0 Å². The lowest BCUT2D eigenvalue weighted by Crippen LogP contribution is -2.00. The lowest BCUT2D eigenvalue weighted by molar-refractivity contribution is 0.802. The van der Waals surface area contributed by atoms with Crippen LogP contribution in [0.2, 0.25) is 0 Å². The molecule has 0 aliphatic heterocycles. The molecule has 0 N–H and O–H groups in total. The zero-order valence-corrected chi connectivity index (χ0v) is 10.7. The lowest BCUT2D eigenvalue weighted by Gasteiger charge is -2.06. The standard InChI is InChI=1S/C16H16N2/c1-12-6-7-16-14(10-12)8-9-18(16)11-15-5-3-4-13(2)17-15/h3-10H,11H2,1-2H3. The van der Waals surface area contributed by atoms with Gasteiger partial charge >= 0.3 is 0 Å². The second-order valence-corrected chi connectivity index (χ2v) is 4.78. The molecule has 0 aliphatic rings. The van der Waals surface area contributed by atoms with Crippen LogP contribution in [0.25, 0.3) is 10.9 Å². The minimum Gasteiger partial charge on any atom is -0.341 e. The van der Waals surface area contributed by atoms with E-state index in [9.17, 15) is 0 Å². The van der Waals surface area contributed by atoms with Crippen molar-refractivity contribution in [2.45, 2.75) is 20.4 Å². The van der Waals surface area contributed by atoms with Gasteiger partial charge < -0.3 is 4.57 Å². The number of nitrogens with zero attached hydrogens (tertiary/aromatic N) is 2. The van der Waals surface area contributed by atoms with Crippen molar-refractivity contribution in [2.75, 3.05) is 0 Å². The molecule has 0 atom stereocenters. The van der Waals surface area contributed by atoms with E-state index in [1.165, 1.54) is 16.5 Å². The van der Waals surface area contributed by atoms with Crippen LogP contribution in [0, 0.1) is 13.8 Å². The lowest BCUT2D eigenvalue weighted by atomic mass is 10.2. The third-order valence-electron chi connectivity index (χ3n) is 3.20. The van der Waals surface area contributed by atoms with E-state index in [4.69, 9.17) is 0 Å². The Morgan fingerprint density at radius 1 is 1.06 bits per heavy atom. The van der Waals surface area contributed by atoms with Gasteiger partial charge in [0.15, 0.2) is 0 Å². The Labute approximate surface area is 107 Å². The van der Waals surface area contributed by atoms with Gasteiger partial charge in [0.05, 0.1) is 12.2 Å². The average Bonchev–Trinajstić information content (AvgIpc) is 2.72. The molecular weight excluding hydrogens is 220 g/mol. The molecule has 2 aromatic heterocycles. The summed E-state index contributed by atoms with van der Waals surface area (Å²) in [6.07, 6.45) is 2.13. The molecule has 0 fully saturated rings. The number of hydrogen-bond acceptors (Lipinski definition) is 1. The highest BCUT2D eigenvalue weighted by atomic mass is 15.0. The Kier molecular flexibility index (Phi) is 2.63. The highest BCUT2D eigenvalue weighted by molar-refractivity contribution is 5.80. The van der Waals surface area contributed by atoms with Crippen molar-refractivity contribution in [3.8, 4) is 0 Å². The Bertz CT molecular complexity index is 695. The third kappa shape index (κ3) is 2.02. The van der Waals surface area contributed by atoms with Gasteiger partial charge in [-0.25, -0.2) is 0 Å². The predicted octanol–water partition coefficient (Wildman–Crippen LogP) is 3.70. The molecule has 2 heterocycles. The first-order valence-electron chi connectivity index (χ1n) is 6.20. The molecule has 18 heavy (non-hydrogen) atoms. The number of aromatic nitrogens is 2. The Morgan fingerprint density at radius 3 is 2.78 bits per heavy atom. The summed E-state index contributed by atoms with van der Waals surface area (Å²) in [6, 6.07) is 14.9. The third-order valence-corrected chi connectivity index (χ3v) is 3.20. The molecular formula is C16H16N2. The van der Waals surface area contributed by atoms with Gasteiger partial charge in [0.2, 0.25) is 0 Å². The van der Waals surface area contributed by atoms with Crippen molar-refractivity contribution in [3.05, 3.63) is 65.6 Å². The smallest absolute Gasteiger partial charge is 0.0648 e. The van der Waals surface area contributed by atoms with Crippen LogP contribution in [-0.2, 0) is 6.54 Å². The molecule has 0 saturated carbocycles. The zero-order chi connectivity index (χ0) is 12.5. The van der Waals surface area contributed by atoms with Gasteiger partial charge in [0.25, 0.3) is 0 Å². The van der Waals surface area contributed by atoms with E-state index in [1.54, 1.807) is 0 Å². The SMILES string of the molecule is Cc1ccc2c(ccn2Cc2cccc(C)n2)c1. The first-order valence-corrected chi connectivity index (χ1v) is 6.20. The van der Waals surface area contributed by atoms with Crippen LogP contribution in [0.5, 0.6) is 0 Å². The molecule has 0 saturated heterocycles. The van der Waals surface area contributed by atoms with E-state index in [-0.39, 0.29) is 0 Å². The van der Waals surface area contributed by atoms with Gasteiger partial charge in [-0.1, -0.05) is 17.7 Å². The second-order valence-electron chi connectivity index (χ2n) is 4.78. The molecule has 0 bridgehead atoms. The Hall–Kier alpha value is -2.09. The maximum absolute atomic E-state index is 4.55. The minimum atomic E-state index is 0.828. The van der Waals surface area contributed by atoms with Crippen LogP contribution in [0.4, 0.5) is 0 Å². The van der Waals surface area contributed by atoms with Gasteiger partial charge in [0.1, 0.15) is 0 Å². The summed E-state index contributed by atoms with van der Waals surface area (Å²) >= 11 is 0. The summed E-state index contributed by atoms with van der Waals surface area (Å²) in [5, 5.41) is 1.29. The van der Waals surface area contributed by atoms with Crippen LogP contribution in [0.3, 0.4) is 0 Å². The summed E-state index contributed by atoms with van der Waals surface area (Å²) in [5.74, 6) is 0. The zero-order valence-electron chi connectivity index (χ0n) is 10.7. The number of hydrogen-bond donors (Lipinski definition) is 0. The van der Waals surface area contributed by atoms with Crippen LogP contribution in [0.15, 0.2) is 48.7 Å². The molecule has 0 spiro atoms. The topological polar surface area (TPSA) is 17.8 Å². The average molecular weight is 236 g/mol. The van der Waals surface area contributed by atoms with Gasteiger partial charge in [-0.2, -0.15) is 0 Å². The number of fused-ring (bicyclic) bond motifs is 1. The van der Waals surface area contributed by atoms with Gasteiger partial charge in [-0.15, -0.1) is 0 Å². The quantitative estimate of drug-likeness (QED) is 0.663. The monoisotopic (exact) mass is 236 g/mol. The first kappa shape index (κ1) is 11.0. The highest BCUT2D eigenvalue weighted by Crippen LogP contribution is 2.18. The maximum atomic E-state index is 4.55. The van der Waals surface area contributed by atoms with E-state index in [1.807, 2.05) is 13.0 Å². The van der Waals surface area contributed by atoms with E-state index in [0.717, 1.165) is 17.9 Å². The molecule has 90 valence electrons. The molecule has 0 unspecified atom stereocenters. The van der Waals surface area contributed by atoms with Crippen molar-refractivity contribution >= 4 is 10.9 Å². The molecule has 0 aliphatic carbocycles. The molecule has 3 rings (SSSR count). The van der Waals surface area contributed by atoms with Gasteiger partial charge in [-0.3, -0.25) is 4.98 Å². The van der Waals surface area contributed by atoms with Crippen LogP contribution < -0.4 is 0 Å². The van der Waals surface area contributed by atoms with E-state index in [2.05, 4.69) is 59.1 Å². The largest absolute Gasteiger partial charge is 0.341 e. The molecule has 0 amide bonds. The van der Waals surface area contributed by atoms with Crippen molar-refractivity contribution in [1.29, 1.82) is 0 Å². The van der Waals surface area contributed by atoms with Crippen molar-refractivity contribution in [3.63, 3.8) is 0 Å². The molecule has 1 aromatic carbocycles. The van der Waals surface area contributed by atoms with E-state index < -0.39 is 0 Å². The van der Waals surface area contributed by atoms with Crippen molar-refractivity contribution in [2.24, 2.45) is 0 Å². The molecule has 3 aromatic rings. The van der Waals surface area contributed by atoms with Gasteiger partial charge in [0, 0.05) is 17.4 Å². The summed E-state index contributed by atoms with van der Waals surface area (Å²) < 4.78 is 2.25. The number of aryl methyl sites for hydroxylation is 2. The fraction of sp³-hybridized carbons (Fsp3) is 0.188. The van der Waals surface area contributed by atoms with Crippen LogP contribution in [0.1, 0.15) is 17.0 Å². The Morgan fingerprint density at radius 2 is 1.94 bits per heavy atom. The normalized spacial score (nSPS) is 11.0. The molecule has 2 heteroatoms.